The van der Waals surface area contributed by atoms with Gasteiger partial charge in [-0.25, -0.2) is 9.98 Å². The van der Waals surface area contributed by atoms with Crippen molar-refractivity contribution in [3.63, 3.8) is 0 Å². The van der Waals surface area contributed by atoms with Crippen molar-refractivity contribution in [3.8, 4) is 0 Å². The summed E-state index contributed by atoms with van der Waals surface area (Å²) in [5.41, 5.74) is 2.51. The van der Waals surface area contributed by atoms with Crippen LogP contribution in [0.15, 0.2) is 33.7 Å². The van der Waals surface area contributed by atoms with E-state index in [-0.39, 0.29) is 35.9 Å². The number of hydrogen-bond acceptors (Lipinski definition) is 4. The first-order chi connectivity index (χ1) is 13.4. The van der Waals surface area contributed by atoms with Crippen LogP contribution in [0.3, 0.4) is 0 Å². The number of benzene rings is 1. The third-order valence-electron chi connectivity index (χ3n) is 4.42. The van der Waals surface area contributed by atoms with Gasteiger partial charge in [-0.3, -0.25) is 4.79 Å². The molecule has 1 heterocycles. The number of aryl methyl sites for hydroxylation is 2. The Hall–Kier alpha value is -2.10. The highest BCUT2D eigenvalue weighted by Gasteiger charge is 2.09. The highest BCUT2D eigenvalue weighted by Crippen LogP contribution is 2.09. The van der Waals surface area contributed by atoms with E-state index in [9.17, 15) is 4.79 Å². The van der Waals surface area contributed by atoms with E-state index in [2.05, 4.69) is 25.9 Å². The van der Waals surface area contributed by atoms with Crippen LogP contribution in [0.25, 0.3) is 0 Å². The van der Waals surface area contributed by atoms with Gasteiger partial charge >= 0.3 is 0 Å². The number of hydrogen-bond donors (Lipinski definition) is 3. The van der Waals surface area contributed by atoms with Gasteiger partial charge in [-0.05, 0) is 51.8 Å². The molecular formula is C21H32IN5O2. The molecule has 0 aliphatic carbocycles. The standard InChI is InChI=1S/C21H31N5O2.HI/c1-6-14(3)25-20(27)18-10-8-9-17(11-18)12-23-21(22-7-2)24-13-19-26-15(4)16(5)28-19;/h8-11,14H,6-7,12-13H2,1-5H3,(H,25,27)(H2,22,23,24);1H. The average molecular weight is 513 g/mol. The van der Waals surface area contributed by atoms with Crippen LogP contribution in [-0.4, -0.2) is 29.4 Å². The number of aromatic nitrogens is 1. The van der Waals surface area contributed by atoms with Gasteiger partial charge in [-0.2, -0.15) is 0 Å². The summed E-state index contributed by atoms with van der Waals surface area (Å²) in [5.74, 6) is 2.07. The lowest BCUT2D eigenvalue weighted by Crippen LogP contribution is -2.36. The Kier molecular flexibility index (Phi) is 10.7. The Morgan fingerprint density at radius 1 is 1.24 bits per heavy atom. The topological polar surface area (TPSA) is 91.5 Å². The number of rotatable bonds is 8. The summed E-state index contributed by atoms with van der Waals surface area (Å²) < 4.78 is 5.59. The second kappa shape index (κ2) is 12.5. The van der Waals surface area contributed by atoms with Gasteiger partial charge in [0.05, 0.1) is 18.8 Å². The highest BCUT2D eigenvalue weighted by molar-refractivity contribution is 14.0. The zero-order valence-electron chi connectivity index (χ0n) is 17.8. The first-order valence-electron chi connectivity index (χ1n) is 9.77. The van der Waals surface area contributed by atoms with Crippen LogP contribution in [0.1, 0.15) is 60.5 Å². The Morgan fingerprint density at radius 2 is 2.00 bits per heavy atom. The van der Waals surface area contributed by atoms with Crippen LogP contribution in [-0.2, 0) is 13.1 Å². The van der Waals surface area contributed by atoms with Crippen molar-refractivity contribution < 1.29 is 9.21 Å². The molecule has 0 aliphatic rings. The Labute approximate surface area is 190 Å². The van der Waals surface area contributed by atoms with E-state index in [1.165, 1.54) is 0 Å². The second-order valence-electron chi connectivity index (χ2n) is 6.78. The van der Waals surface area contributed by atoms with Crippen LogP contribution < -0.4 is 16.0 Å². The maximum Gasteiger partial charge on any atom is 0.251 e. The molecule has 0 aliphatic heterocycles. The van der Waals surface area contributed by atoms with Crippen LogP contribution in [0, 0.1) is 13.8 Å². The van der Waals surface area contributed by atoms with Gasteiger partial charge in [0.1, 0.15) is 5.76 Å². The van der Waals surface area contributed by atoms with Crippen molar-refractivity contribution >= 4 is 35.8 Å². The number of oxazole rings is 1. The highest BCUT2D eigenvalue weighted by atomic mass is 127. The van der Waals surface area contributed by atoms with Gasteiger partial charge in [-0.15, -0.1) is 24.0 Å². The molecule has 7 nitrogen and oxygen atoms in total. The number of halogens is 1. The van der Waals surface area contributed by atoms with Crippen molar-refractivity contribution in [1.29, 1.82) is 0 Å². The molecule has 0 bridgehead atoms. The lowest BCUT2D eigenvalue weighted by atomic mass is 10.1. The summed E-state index contributed by atoms with van der Waals surface area (Å²) >= 11 is 0. The summed E-state index contributed by atoms with van der Waals surface area (Å²) in [6, 6.07) is 7.71. The molecule has 2 rings (SSSR count). The molecule has 2 aromatic rings. The van der Waals surface area contributed by atoms with Crippen molar-refractivity contribution in [2.45, 2.75) is 60.2 Å². The molecule has 1 atom stereocenters. The van der Waals surface area contributed by atoms with E-state index >= 15 is 0 Å². The van der Waals surface area contributed by atoms with E-state index in [1.807, 2.05) is 58.9 Å². The SMILES string of the molecule is CCNC(=NCc1cccc(C(=O)NC(C)CC)c1)NCc1nc(C)c(C)o1.I. The van der Waals surface area contributed by atoms with Crippen LogP contribution >= 0.6 is 24.0 Å². The molecule has 8 heteroatoms. The first-order valence-corrected chi connectivity index (χ1v) is 9.77. The second-order valence-corrected chi connectivity index (χ2v) is 6.78. The summed E-state index contributed by atoms with van der Waals surface area (Å²) in [6.07, 6.45) is 0.900. The summed E-state index contributed by atoms with van der Waals surface area (Å²) in [7, 11) is 0. The minimum absolute atomic E-state index is 0. The van der Waals surface area contributed by atoms with Crippen LogP contribution in [0.4, 0.5) is 0 Å². The number of amides is 1. The molecular weight excluding hydrogens is 481 g/mol. The number of nitrogens with one attached hydrogen (secondary N) is 3. The predicted octanol–water partition coefficient (Wildman–Crippen LogP) is 3.69. The monoisotopic (exact) mass is 513 g/mol. The number of carbonyl (C=O) groups excluding carboxylic acids is 1. The lowest BCUT2D eigenvalue weighted by Gasteiger charge is -2.12. The van der Waals surface area contributed by atoms with E-state index in [1.54, 1.807) is 0 Å². The van der Waals surface area contributed by atoms with Gasteiger partial charge in [0.2, 0.25) is 5.89 Å². The number of nitrogens with zero attached hydrogens (tertiary/aromatic N) is 2. The Bertz CT molecular complexity index is 800. The van der Waals surface area contributed by atoms with Crippen molar-refractivity contribution in [3.05, 3.63) is 52.7 Å². The molecule has 1 aromatic carbocycles. The smallest absolute Gasteiger partial charge is 0.251 e. The van der Waals surface area contributed by atoms with Crippen molar-refractivity contribution in [1.82, 2.24) is 20.9 Å². The molecule has 1 aromatic heterocycles. The van der Waals surface area contributed by atoms with Gasteiger partial charge < -0.3 is 20.4 Å². The first kappa shape index (κ1) is 24.9. The van der Waals surface area contributed by atoms with E-state index in [0.717, 1.165) is 30.0 Å². The van der Waals surface area contributed by atoms with Crippen LogP contribution in [0.5, 0.6) is 0 Å². The lowest BCUT2D eigenvalue weighted by molar-refractivity contribution is 0.0939. The minimum atomic E-state index is -0.0557. The molecule has 0 saturated carbocycles. The summed E-state index contributed by atoms with van der Waals surface area (Å²) in [5, 5.41) is 9.41. The average Bonchev–Trinajstić information content (AvgIpc) is 3.01. The quantitative estimate of drug-likeness (QED) is 0.285. The van der Waals surface area contributed by atoms with Gasteiger partial charge in [0, 0.05) is 18.2 Å². The normalized spacial score (nSPS) is 12.1. The molecule has 0 fully saturated rings. The number of guanidine groups is 1. The summed E-state index contributed by atoms with van der Waals surface area (Å²) in [4.78, 5) is 21.3. The Morgan fingerprint density at radius 3 is 2.62 bits per heavy atom. The Balaban J connectivity index is 0.00000420. The number of aliphatic imine (C=N–C) groups is 1. The molecule has 0 spiro atoms. The third kappa shape index (κ3) is 8.04. The third-order valence-corrected chi connectivity index (χ3v) is 4.42. The molecule has 1 amide bonds. The molecule has 0 radical (unpaired) electrons. The predicted molar refractivity (Wildman–Crippen MR) is 127 cm³/mol. The van der Waals surface area contributed by atoms with E-state index < -0.39 is 0 Å². The molecule has 29 heavy (non-hydrogen) atoms. The molecule has 3 N–H and O–H groups in total. The fourth-order valence-electron chi connectivity index (χ4n) is 2.51. The molecule has 1 unspecified atom stereocenters. The number of carbonyl (C=O) groups is 1. The fraction of sp³-hybridized carbons (Fsp3) is 0.476. The maximum atomic E-state index is 12.3. The zero-order chi connectivity index (χ0) is 20.5. The van der Waals surface area contributed by atoms with Crippen LogP contribution in [0.2, 0.25) is 0 Å². The van der Waals surface area contributed by atoms with E-state index in [4.69, 9.17) is 4.42 Å². The zero-order valence-corrected chi connectivity index (χ0v) is 20.2. The largest absolute Gasteiger partial charge is 0.444 e. The van der Waals surface area contributed by atoms with Crippen molar-refractivity contribution in [2.24, 2.45) is 4.99 Å². The van der Waals surface area contributed by atoms with Crippen molar-refractivity contribution in [2.75, 3.05) is 6.54 Å². The summed E-state index contributed by atoms with van der Waals surface area (Å²) in [6.45, 7) is 11.5. The van der Waals surface area contributed by atoms with E-state index in [0.29, 0.717) is 30.5 Å². The molecule has 160 valence electrons. The minimum Gasteiger partial charge on any atom is -0.444 e. The molecule has 0 saturated heterocycles. The van der Waals surface area contributed by atoms with Gasteiger partial charge in [0.15, 0.2) is 5.96 Å². The fourth-order valence-corrected chi connectivity index (χ4v) is 2.51. The van der Waals surface area contributed by atoms with Gasteiger partial charge in [0.25, 0.3) is 5.91 Å². The van der Waals surface area contributed by atoms with Gasteiger partial charge in [-0.1, -0.05) is 19.1 Å². The maximum absolute atomic E-state index is 12.3.